The Morgan fingerprint density at radius 1 is 0.486 bits per heavy atom. The van der Waals surface area contributed by atoms with Gasteiger partial charge in [0.1, 0.15) is 102 Å². The fourth-order valence-electron chi connectivity index (χ4n) is 16.1. The molecule has 3 aliphatic rings. The Balaban J connectivity index is 1.15. The van der Waals surface area contributed by atoms with Gasteiger partial charge in [-0.1, -0.05) is 111 Å². The van der Waals surface area contributed by atoms with Crippen LogP contribution in [0.1, 0.15) is 175 Å². The molecule has 48 heteroatoms. The van der Waals surface area contributed by atoms with Crippen LogP contribution in [0.4, 0.5) is 0 Å². The molecule has 0 saturated carbocycles. The minimum atomic E-state index is -2.10. The quantitative estimate of drug-likeness (QED) is 0.0110. The van der Waals surface area contributed by atoms with E-state index in [2.05, 4.69) is 97.0 Å². The topological polar surface area (TPSA) is 734 Å². The van der Waals surface area contributed by atoms with Crippen molar-refractivity contribution in [1.82, 2.24) is 99.1 Å². The number of imidazole rings is 1. The molecule has 6 rings (SSSR count). The Hall–Kier alpha value is -13.1. The van der Waals surface area contributed by atoms with E-state index in [0.717, 1.165) is 4.90 Å². The minimum absolute atomic E-state index is 0.0107. The maximum Gasteiger partial charge on any atom is 0.326 e. The van der Waals surface area contributed by atoms with Gasteiger partial charge in [-0.15, -0.1) is 0 Å². The summed E-state index contributed by atoms with van der Waals surface area (Å²) in [6, 6.07) is -11.7. The highest BCUT2D eigenvalue weighted by molar-refractivity contribution is 7.80. The van der Waals surface area contributed by atoms with Crippen LogP contribution in [-0.4, -0.2) is 316 Å². The number of aliphatic carboxylic acids is 3. The number of nitrogens with zero attached hydrogens (tertiary/aromatic N) is 4. The number of likely N-dealkylation sites (tertiary alicyclic amines) is 3. The molecule has 3 saturated heterocycles. The SMILES string of the molecule is CC[C@@H](C)[C@@H](NC(=O)[C@@H](Cc1ccc(O)cc1)NC(=O)[C@H](CC(=O)O)NC(=O)[C@@H](CO)NC(=O)[C@@H](Cc1ccccc1)NC(=O)[C@H](C)NC(=O)[C@@H](NC(=O)[C@@H]1CCCN1C(=O)[C@@H](N)CCCCN)C(C)C)C(=O)N[C@H](Cc1cnc[nH]1)C(=O)N1CCC[C@H]1C(=O)N[C@H](C(=O)N[C@H](CS)C(=O)N[C@@H](CC(C)C)C(=O)N1CCC[C@@H]1C(=O)N[C@H](CC(=O)O)C(=O)N[C@H](CCCNC(=N)N)C(=O)O)C(C)C. The van der Waals surface area contributed by atoms with Gasteiger partial charge in [-0.3, -0.25) is 91.7 Å². The third-order valence-electron chi connectivity index (χ3n) is 23.9. The van der Waals surface area contributed by atoms with Crippen LogP contribution in [0.3, 0.4) is 0 Å². The number of aromatic amines is 1. The molecule has 1 aromatic heterocycles. The summed E-state index contributed by atoms with van der Waals surface area (Å²) in [7, 11) is 0. The van der Waals surface area contributed by atoms with Crippen molar-refractivity contribution in [2.75, 3.05) is 45.1 Å². The monoisotopic (exact) mass is 1960 g/mol. The lowest BCUT2D eigenvalue weighted by Gasteiger charge is -2.32. The number of rotatable bonds is 56. The van der Waals surface area contributed by atoms with Gasteiger partial charge in [0.15, 0.2) is 5.96 Å². The van der Waals surface area contributed by atoms with E-state index >= 15 is 14.4 Å². The molecule has 18 atom stereocenters. The molecule has 27 N–H and O–H groups in total. The third-order valence-corrected chi connectivity index (χ3v) is 24.3. The Bertz CT molecular complexity index is 4710. The van der Waals surface area contributed by atoms with Crippen LogP contribution >= 0.6 is 12.6 Å². The maximum absolute atomic E-state index is 15.2. The molecule has 2 aromatic carbocycles. The molecule has 0 unspecified atom stereocenters. The molecule has 47 nitrogen and oxygen atoms in total. The lowest BCUT2D eigenvalue weighted by atomic mass is 9.96. The first-order valence-corrected chi connectivity index (χ1v) is 47.0. The number of phenols is 1. The number of unbranched alkanes of at least 4 members (excludes halogenated alkanes) is 1. The van der Waals surface area contributed by atoms with Gasteiger partial charge in [0.05, 0.1) is 31.8 Å². The molecule has 0 spiro atoms. The predicted molar refractivity (Wildman–Crippen MR) is 501 cm³/mol. The van der Waals surface area contributed by atoms with Gasteiger partial charge in [-0.2, -0.15) is 12.6 Å². The zero-order valence-electron chi connectivity index (χ0n) is 79.1. The van der Waals surface area contributed by atoms with Crippen LogP contribution in [0.5, 0.6) is 5.75 Å². The summed E-state index contributed by atoms with van der Waals surface area (Å²) in [5, 5.41) is 93.4. The number of aliphatic hydroxyl groups excluding tert-OH is 1. The van der Waals surface area contributed by atoms with Crippen molar-refractivity contribution < 1.29 is 117 Å². The third kappa shape index (κ3) is 35.2. The lowest BCUT2D eigenvalue weighted by Crippen LogP contribution is -2.62. The second-order valence-electron chi connectivity index (χ2n) is 35.9. The van der Waals surface area contributed by atoms with Crippen LogP contribution in [-0.2, 0) is 110 Å². The number of thiol groups is 1. The number of aromatic hydroxyl groups is 1. The molecular weight excluding hydrogens is 1820 g/mol. The van der Waals surface area contributed by atoms with Crippen LogP contribution in [0, 0.1) is 29.1 Å². The molecule has 0 aliphatic carbocycles. The normalized spacial score (nSPS) is 17.9. The van der Waals surface area contributed by atoms with E-state index in [1.807, 2.05) is 0 Å². The number of hydrogen-bond acceptors (Lipinski definition) is 26. The van der Waals surface area contributed by atoms with Gasteiger partial charge in [-0.25, -0.2) is 9.78 Å². The number of amides is 16. The van der Waals surface area contributed by atoms with Gasteiger partial charge < -0.3 is 137 Å². The van der Waals surface area contributed by atoms with Crippen molar-refractivity contribution in [3.8, 4) is 5.75 Å². The average molecular weight is 1960 g/mol. The molecule has 3 aromatic rings. The van der Waals surface area contributed by atoms with Crippen molar-refractivity contribution in [3.63, 3.8) is 0 Å². The molecular formula is C90H137N23O24S. The fraction of sp³-hybridized carbons (Fsp3) is 0.611. The molecule has 4 heterocycles. The number of benzene rings is 2. The van der Waals surface area contributed by atoms with Crippen molar-refractivity contribution in [2.45, 2.75) is 281 Å². The van der Waals surface area contributed by atoms with Gasteiger partial charge in [0.2, 0.25) is 94.5 Å². The van der Waals surface area contributed by atoms with Gasteiger partial charge in [-0.05, 0) is 131 Å². The Morgan fingerprint density at radius 2 is 0.920 bits per heavy atom. The number of guanidine groups is 1. The predicted octanol–water partition coefficient (Wildman–Crippen LogP) is -4.48. The highest BCUT2D eigenvalue weighted by Gasteiger charge is 2.46. The van der Waals surface area contributed by atoms with E-state index in [-0.39, 0.29) is 119 Å². The van der Waals surface area contributed by atoms with Gasteiger partial charge in [0.25, 0.3) is 0 Å². The number of H-pyrrole nitrogens is 1. The van der Waals surface area contributed by atoms with Crippen molar-refractivity contribution in [3.05, 3.63) is 83.9 Å². The number of phenolic OH excluding ortho intramolecular Hbond substituents is 1. The molecule has 3 aliphatic heterocycles. The van der Waals surface area contributed by atoms with E-state index in [4.69, 9.17) is 22.6 Å². The van der Waals surface area contributed by atoms with Crippen molar-refractivity contribution in [2.24, 2.45) is 40.9 Å². The summed E-state index contributed by atoms with van der Waals surface area (Å²) in [5.41, 5.74) is 18.2. The van der Waals surface area contributed by atoms with Crippen LogP contribution in [0.2, 0.25) is 0 Å². The zero-order valence-corrected chi connectivity index (χ0v) is 80.0. The highest BCUT2D eigenvalue weighted by atomic mass is 32.1. The largest absolute Gasteiger partial charge is 0.508 e. The summed E-state index contributed by atoms with van der Waals surface area (Å²) >= 11 is 4.36. The second kappa shape index (κ2) is 55.9. The standard InChI is InChI=1S/C90H137N23O24S/c1-10-49(8)72(110-77(124)58(38-52-27-29-54(115)30-28-52)101-76(123)59(40-68(116)117)102-78(125)63(43-114)106-74(121)57(37-51-20-12-11-13-21-51)100-73(120)50(9)98-83(130)70(47(4)5)108-81(128)66-25-17-33-111(66)86(133)55(92)22-14-15-31-91)85(132)105-62(39-53-42-95-45-97-53)88(135)113-35-19-26-67(113)82(129)109-71(48(6)7)84(131)107-64(44-138)79(126)104-61(36-46(2)3)87(134)112-34-18-24-65(112)80(127)103-60(41-69(118)119)75(122)99-56(89(136)137)23-16-32-96-90(93)94/h11-13,20-21,27-30,42,45-50,55-67,70-72,114-115,138H,10,14-19,22-26,31-41,43-44,91-92H2,1-9H3,(H,95,97)(H,98,130)(H,99,122)(H,100,120)(H,101,123)(H,102,125)(H,103,127)(H,104,126)(H,105,132)(H,106,121)(H,107,131)(H,108,128)(H,109,129)(H,110,124)(H,116,117)(H,118,119)(H,136,137)(H4,93,94,96)/t49-,50+,55+,56-,57-,58-,59+,60-,61+,62-,63-,64-,65-,66+,67+,70+,71+,72-/m1/s1. The number of hydrogen-bond donors (Lipinski definition) is 25. The molecule has 3 fully saturated rings. The number of carboxylic acids is 3. The Labute approximate surface area is 804 Å². The van der Waals surface area contributed by atoms with Crippen molar-refractivity contribution >= 4 is 131 Å². The van der Waals surface area contributed by atoms with E-state index < -0.39 is 259 Å². The number of aliphatic hydroxyl groups is 1. The number of carbonyl (C=O) groups is 19. The number of carboxylic acid groups (broad SMARTS) is 3. The molecule has 0 bridgehead atoms. The summed E-state index contributed by atoms with van der Waals surface area (Å²) in [5.74, 6) is -22.8. The van der Waals surface area contributed by atoms with E-state index in [9.17, 15) is 102 Å². The molecule has 138 heavy (non-hydrogen) atoms. The Morgan fingerprint density at radius 3 is 1.41 bits per heavy atom. The molecule has 16 amide bonds. The van der Waals surface area contributed by atoms with E-state index in [1.54, 1.807) is 85.7 Å². The second-order valence-corrected chi connectivity index (χ2v) is 36.3. The number of nitrogens with two attached hydrogens (primary N) is 3. The summed E-state index contributed by atoms with van der Waals surface area (Å²) in [4.78, 5) is 277. The lowest BCUT2D eigenvalue weighted by molar-refractivity contribution is -0.145. The molecule has 0 radical (unpaired) electrons. The van der Waals surface area contributed by atoms with Crippen LogP contribution in [0.25, 0.3) is 0 Å². The fourth-order valence-corrected chi connectivity index (χ4v) is 16.3. The molecule has 762 valence electrons. The minimum Gasteiger partial charge on any atom is -0.508 e. The van der Waals surface area contributed by atoms with Crippen molar-refractivity contribution in [1.29, 1.82) is 5.41 Å². The van der Waals surface area contributed by atoms with E-state index in [1.165, 1.54) is 53.5 Å². The maximum atomic E-state index is 15.2. The van der Waals surface area contributed by atoms with E-state index in [0.29, 0.717) is 49.9 Å². The Kier molecular flexibility index (Phi) is 46.0. The highest BCUT2D eigenvalue weighted by Crippen LogP contribution is 2.26. The van der Waals surface area contributed by atoms with Gasteiger partial charge in [0, 0.05) is 63.1 Å². The number of nitrogens with one attached hydrogen (secondary N) is 16. The van der Waals surface area contributed by atoms with Crippen LogP contribution < -0.4 is 91.6 Å². The smallest absolute Gasteiger partial charge is 0.326 e. The summed E-state index contributed by atoms with van der Waals surface area (Å²) < 4.78 is 0. The zero-order chi connectivity index (χ0) is 102. The average Bonchev–Trinajstić information content (AvgIpc) is 1.69. The van der Waals surface area contributed by atoms with Gasteiger partial charge >= 0.3 is 17.9 Å². The first-order valence-electron chi connectivity index (χ1n) is 46.4. The number of carbonyl (C=O) groups excluding carboxylic acids is 16. The first kappa shape index (κ1) is 114. The summed E-state index contributed by atoms with van der Waals surface area (Å²) in [6.07, 6.45) is 2.61. The first-order chi connectivity index (χ1) is 65.3. The van der Waals surface area contributed by atoms with Crippen LogP contribution in [0.15, 0.2) is 67.1 Å². The number of aromatic nitrogens is 2. The summed E-state index contributed by atoms with van der Waals surface area (Å²) in [6.45, 7) is 14.0.